The van der Waals surface area contributed by atoms with Gasteiger partial charge in [0, 0.05) is 6.04 Å². The highest BCUT2D eigenvalue weighted by molar-refractivity contribution is 9.10. The Morgan fingerprint density at radius 1 is 1.35 bits per heavy atom. The summed E-state index contributed by atoms with van der Waals surface area (Å²) in [7, 11) is 0. The number of alkyl halides is 3. The van der Waals surface area contributed by atoms with E-state index >= 15 is 0 Å². The summed E-state index contributed by atoms with van der Waals surface area (Å²) >= 11 is 3.06. The molecule has 20 heavy (non-hydrogen) atoms. The number of anilines is 1. The van der Waals surface area contributed by atoms with Crippen molar-refractivity contribution in [1.29, 1.82) is 0 Å². The van der Waals surface area contributed by atoms with Crippen LogP contribution in [0.5, 0.6) is 0 Å². The molecule has 0 atom stereocenters. The summed E-state index contributed by atoms with van der Waals surface area (Å²) in [5.41, 5.74) is -0.316. The molecule has 0 saturated heterocycles. The Labute approximate surface area is 122 Å². The van der Waals surface area contributed by atoms with Gasteiger partial charge in [-0.2, -0.15) is 18.3 Å². The zero-order valence-electron chi connectivity index (χ0n) is 10.7. The summed E-state index contributed by atoms with van der Waals surface area (Å²) in [6.45, 7) is -1.38. The van der Waals surface area contributed by atoms with Crippen LogP contribution in [0.1, 0.15) is 32.1 Å². The quantitative estimate of drug-likeness (QED) is 0.906. The molecule has 112 valence electrons. The maximum Gasteiger partial charge on any atom is 0.408 e. The zero-order valence-corrected chi connectivity index (χ0v) is 12.3. The summed E-state index contributed by atoms with van der Waals surface area (Å²) in [6.07, 6.45) is 2.24. The molecule has 1 aromatic heterocycles. The monoisotopic (exact) mass is 353 g/mol. The normalized spacial score (nSPS) is 17.2. The number of halogens is 4. The lowest BCUT2D eigenvalue weighted by atomic mass is 9.95. The molecule has 0 aliphatic heterocycles. The van der Waals surface area contributed by atoms with Crippen molar-refractivity contribution < 1.29 is 13.2 Å². The molecular formula is C12H15BrF3N3O. The second-order valence-corrected chi connectivity index (χ2v) is 5.72. The highest BCUT2D eigenvalue weighted by atomic mass is 79.9. The van der Waals surface area contributed by atoms with E-state index in [0.717, 1.165) is 25.7 Å². The molecule has 1 heterocycles. The van der Waals surface area contributed by atoms with E-state index < -0.39 is 18.3 Å². The van der Waals surface area contributed by atoms with E-state index in [1.54, 1.807) is 0 Å². The van der Waals surface area contributed by atoms with E-state index in [-0.39, 0.29) is 10.5 Å². The Bertz CT molecular complexity index is 524. The average Bonchev–Trinajstić information content (AvgIpc) is 2.38. The van der Waals surface area contributed by atoms with Gasteiger partial charge in [-0.05, 0) is 28.8 Å². The molecule has 1 saturated carbocycles. The van der Waals surface area contributed by atoms with Crippen LogP contribution in [-0.2, 0) is 6.54 Å². The van der Waals surface area contributed by atoms with Crippen LogP contribution in [0.25, 0.3) is 0 Å². The Hall–Kier alpha value is -1.05. The molecule has 1 aromatic rings. The molecule has 4 nitrogen and oxygen atoms in total. The summed E-state index contributed by atoms with van der Waals surface area (Å²) in [6, 6.07) is 0.250. The first-order valence-corrected chi connectivity index (χ1v) is 7.25. The molecule has 1 N–H and O–H groups in total. The van der Waals surface area contributed by atoms with Gasteiger partial charge >= 0.3 is 6.18 Å². The third-order valence-corrected chi connectivity index (χ3v) is 4.05. The van der Waals surface area contributed by atoms with Gasteiger partial charge in [-0.15, -0.1) is 0 Å². The first kappa shape index (κ1) is 15.3. The van der Waals surface area contributed by atoms with Gasteiger partial charge in [0.15, 0.2) is 0 Å². The van der Waals surface area contributed by atoms with E-state index in [9.17, 15) is 18.0 Å². The van der Waals surface area contributed by atoms with E-state index in [2.05, 4.69) is 26.3 Å². The number of hydrogen-bond donors (Lipinski definition) is 1. The van der Waals surface area contributed by atoms with Gasteiger partial charge in [-0.3, -0.25) is 4.79 Å². The second kappa shape index (κ2) is 6.15. The van der Waals surface area contributed by atoms with Gasteiger partial charge in [0.2, 0.25) is 0 Å². The zero-order chi connectivity index (χ0) is 14.8. The maximum absolute atomic E-state index is 12.3. The molecule has 0 spiro atoms. The molecule has 0 aromatic carbocycles. The predicted molar refractivity (Wildman–Crippen MR) is 72.7 cm³/mol. The maximum atomic E-state index is 12.3. The lowest BCUT2D eigenvalue weighted by Gasteiger charge is -2.24. The average molecular weight is 354 g/mol. The number of nitrogens with zero attached hydrogens (tertiary/aromatic N) is 2. The Kier molecular flexibility index (Phi) is 4.72. The molecule has 1 aliphatic rings. The lowest BCUT2D eigenvalue weighted by molar-refractivity contribution is -0.143. The second-order valence-electron chi connectivity index (χ2n) is 4.93. The van der Waals surface area contributed by atoms with Crippen LogP contribution in [0.4, 0.5) is 18.9 Å². The standard InChI is InChI=1S/C12H15BrF3N3O/c13-10-9(18-8-4-2-1-3-5-8)6-17-19(11(10)20)7-12(14,15)16/h6,8,18H,1-5,7H2. The van der Waals surface area contributed by atoms with Crippen LogP contribution in [0.3, 0.4) is 0 Å². The van der Waals surface area contributed by atoms with Crippen molar-refractivity contribution in [2.45, 2.75) is 50.9 Å². The number of rotatable bonds is 3. The van der Waals surface area contributed by atoms with Crippen molar-refractivity contribution in [3.05, 3.63) is 21.0 Å². The Balaban J connectivity index is 2.15. The van der Waals surface area contributed by atoms with Gasteiger partial charge in [-0.1, -0.05) is 19.3 Å². The fraction of sp³-hybridized carbons (Fsp3) is 0.667. The van der Waals surface area contributed by atoms with Crippen molar-refractivity contribution in [3.8, 4) is 0 Å². The highest BCUT2D eigenvalue weighted by Gasteiger charge is 2.29. The fourth-order valence-corrected chi connectivity index (χ4v) is 2.74. The topological polar surface area (TPSA) is 46.9 Å². The molecule has 0 amide bonds. The number of nitrogens with one attached hydrogen (secondary N) is 1. The molecule has 1 fully saturated rings. The highest BCUT2D eigenvalue weighted by Crippen LogP contribution is 2.24. The minimum absolute atomic E-state index is 0.0994. The molecule has 1 aliphatic carbocycles. The minimum atomic E-state index is -4.46. The van der Waals surface area contributed by atoms with Gasteiger partial charge < -0.3 is 5.32 Å². The summed E-state index contributed by atoms with van der Waals surface area (Å²) in [4.78, 5) is 11.8. The summed E-state index contributed by atoms with van der Waals surface area (Å²) in [5, 5.41) is 6.76. The van der Waals surface area contributed by atoms with Crippen LogP contribution >= 0.6 is 15.9 Å². The van der Waals surface area contributed by atoms with Crippen molar-refractivity contribution in [1.82, 2.24) is 9.78 Å². The van der Waals surface area contributed by atoms with Crippen LogP contribution in [0.2, 0.25) is 0 Å². The van der Waals surface area contributed by atoms with Gasteiger partial charge in [0.05, 0.1) is 11.9 Å². The van der Waals surface area contributed by atoms with E-state index in [0.29, 0.717) is 10.4 Å². The largest absolute Gasteiger partial charge is 0.408 e. The molecule has 8 heteroatoms. The molecule has 2 rings (SSSR count). The molecule has 0 radical (unpaired) electrons. The molecular weight excluding hydrogens is 339 g/mol. The van der Waals surface area contributed by atoms with Crippen LogP contribution in [0.15, 0.2) is 15.5 Å². The number of aromatic nitrogens is 2. The minimum Gasteiger partial charge on any atom is -0.380 e. The summed E-state index contributed by atoms with van der Waals surface area (Å²) < 4.78 is 37.4. The lowest BCUT2D eigenvalue weighted by Crippen LogP contribution is -2.32. The van der Waals surface area contributed by atoms with Crippen molar-refractivity contribution in [2.75, 3.05) is 5.32 Å². The SMILES string of the molecule is O=c1c(Br)c(NC2CCCCC2)cnn1CC(F)(F)F. The Morgan fingerprint density at radius 3 is 2.60 bits per heavy atom. The first-order valence-electron chi connectivity index (χ1n) is 6.46. The van der Waals surface area contributed by atoms with Crippen LogP contribution in [-0.4, -0.2) is 22.0 Å². The van der Waals surface area contributed by atoms with Crippen LogP contribution < -0.4 is 10.9 Å². The fourth-order valence-electron chi connectivity index (χ4n) is 2.31. The van der Waals surface area contributed by atoms with Crippen LogP contribution in [0, 0.1) is 0 Å². The molecule has 0 bridgehead atoms. The van der Waals surface area contributed by atoms with Crippen molar-refractivity contribution in [3.63, 3.8) is 0 Å². The van der Waals surface area contributed by atoms with Crippen molar-refractivity contribution in [2.24, 2.45) is 0 Å². The smallest absolute Gasteiger partial charge is 0.380 e. The van der Waals surface area contributed by atoms with Gasteiger partial charge in [0.1, 0.15) is 11.0 Å². The van der Waals surface area contributed by atoms with E-state index in [1.807, 2.05) is 0 Å². The van der Waals surface area contributed by atoms with Crippen molar-refractivity contribution >= 4 is 21.6 Å². The Morgan fingerprint density at radius 2 is 2.00 bits per heavy atom. The third-order valence-electron chi connectivity index (χ3n) is 3.28. The van der Waals surface area contributed by atoms with Gasteiger partial charge in [0.25, 0.3) is 5.56 Å². The first-order chi connectivity index (χ1) is 9.37. The summed E-state index contributed by atoms with van der Waals surface area (Å²) in [5.74, 6) is 0. The third kappa shape index (κ3) is 3.97. The predicted octanol–water partition coefficient (Wildman–Crippen LogP) is 3.31. The number of hydrogen-bond acceptors (Lipinski definition) is 3. The van der Waals surface area contributed by atoms with Gasteiger partial charge in [-0.25, -0.2) is 4.68 Å². The van der Waals surface area contributed by atoms with E-state index in [4.69, 9.17) is 0 Å². The van der Waals surface area contributed by atoms with E-state index in [1.165, 1.54) is 12.6 Å². The molecule has 0 unspecified atom stereocenters.